The lowest BCUT2D eigenvalue weighted by Gasteiger charge is -2.33. The highest BCUT2D eigenvalue weighted by atomic mass is 19.1. The SMILES string of the molecule is Cc1cc(O[C@@H](C)C2CCN(c3nc(C(C)C)no3)CC2)ncc1N1C[C@H](c2cc(F)ccc2F)[C@@H](N)C1. The number of hydrogen-bond acceptors (Lipinski definition) is 8. The summed E-state index contributed by atoms with van der Waals surface area (Å²) in [5, 5.41) is 4.07. The molecule has 204 valence electrons. The summed E-state index contributed by atoms with van der Waals surface area (Å²) in [7, 11) is 0. The second-order valence-corrected chi connectivity index (χ2v) is 10.9. The molecule has 8 nitrogen and oxygen atoms in total. The van der Waals surface area contributed by atoms with Crippen LogP contribution in [0.4, 0.5) is 20.5 Å². The number of aryl methyl sites for hydroxylation is 1. The quantitative estimate of drug-likeness (QED) is 0.470. The van der Waals surface area contributed by atoms with Gasteiger partial charge in [0.05, 0.1) is 11.9 Å². The summed E-state index contributed by atoms with van der Waals surface area (Å²) >= 11 is 0. The highest BCUT2D eigenvalue weighted by Gasteiger charge is 2.34. The van der Waals surface area contributed by atoms with Gasteiger partial charge in [-0.05, 0) is 61.9 Å². The highest BCUT2D eigenvalue weighted by molar-refractivity contribution is 5.55. The molecule has 3 aromatic rings. The lowest BCUT2D eigenvalue weighted by atomic mass is 9.92. The molecule has 1 aromatic carbocycles. The van der Waals surface area contributed by atoms with Crippen LogP contribution in [0.25, 0.3) is 0 Å². The van der Waals surface area contributed by atoms with E-state index in [-0.39, 0.29) is 24.0 Å². The predicted octanol–water partition coefficient (Wildman–Crippen LogP) is 4.79. The van der Waals surface area contributed by atoms with Crippen molar-refractivity contribution in [2.45, 2.75) is 64.5 Å². The number of anilines is 2. The van der Waals surface area contributed by atoms with Gasteiger partial charge in [0.25, 0.3) is 0 Å². The van der Waals surface area contributed by atoms with Gasteiger partial charge in [0.15, 0.2) is 5.82 Å². The molecule has 0 aliphatic carbocycles. The van der Waals surface area contributed by atoms with E-state index in [9.17, 15) is 8.78 Å². The molecule has 38 heavy (non-hydrogen) atoms. The molecule has 0 amide bonds. The summed E-state index contributed by atoms with van der Waals surface area (Å²) in [6.45, 7) is 10.9. The van der Waals surface area contributed by atoms with Crippen LogP contribution in [0.3, 0.4) is 0 Å². The number of aromatic nitrogens is 3. The van der Waals surface area contributed by atoms with Crippen molar-refractivity contribution in [3.05, 3.63) is 59.0 Å². The van der Waals surface area contributed by atoms with Gasteiger partial charge >= 0.3 is 6.01 Å². The Morgan fingerprint density at radius 2 is 1.84 bits per heavy atom. The van der Waals surface area contributed by atoms with E-state index >= 15 is 0 Å². The van der Waals surface area contributed by atoms with Crippen LogP contribution in [-0.2, 0) is 0 Å². The molecule has 2 aliphatic heterocycles. The summed E-state index contributed by atoms with van der Waals surface area (Å²) in [5.74, 6) is 0.758. The van der Waals surface area contributed by atoms with Crippen molar-refractivity contribution in [2.24, 2.45) is 11.7 Å². The number of rotatable bonds is 7. The standard InChI is InChI=1S/C28H36F2N6O2/c1-16(2)27-33-28(38-34-27)35-9-7-19(8-10-35)18(4)37-26-11-17(3)25(13-32-26)36-14-22(24(31)15-36)21-12-20(29)5-6-23(21)30/h5-6,11-13,16,18-19,22,24H,7-10,14-15,31H2,1-4H3/t18-,22+,24-/m0/s1. The minimum atomic E-state index is -0.457. The molecular weight excluding hydrogens is 490 g/mol. The second-order valence-electron chi connectivity index (χ2n) is 10.9. The first-order valence-corrected chi connectivity index (χ1v) is 13.4. The van der Waals surface area contributed by atoms with Gasteiger partial charge in [0.2, 0.25) is 5.88 Å². The molecule has 0 bridgehead atoms. The fourth-order valence-electron chi connectivity index (χ4n) is 5.51. The Labute approximate surface area is 222 Å². The van der Waals surface area contributed by atoms with Gasteiger partial charge in [-0.1, -0.05) is 19.0 Å². The zero-order valence-electron chi connectivity index (χ0n) is 22.4. The molecule has 2 aromatic heterocycles. The van der Waals surface area contributed by atoms with Crippen molar-refractivity contribution in [3.8, 4) is 5.88 Å². The van der Waals surface area contributed by atoms with E-state index in [4.69, 9.17) is 15.0 Å². The van der Waals surface area contributed by atoms with E-state index in [1.807, 2.05) is 26.8 Å². The lowest BCUT2D eigenvalue weighted by Crippen LogP contribution is -2.39. The van der Waals surface area contributed by atoms with E-state index in [0.717, 1.165) is 55.1 Å². The summed E-state index contributed by atoms with van der Waals surface area (Å²) in [6, 6.07) is 5.77. The third kappa shape index (κ3) is 5.45. The molecule has 10 heteroatoms. The molecule has 5 rings (SSSR count). The van der Waals surface area contributed by atoms with Crippen LogP contribution in [0.2, 0.25) is 0 Å². The second kappa shape index (κ2) is 10.8. The highest BCUT2D eigenvalue weighted by Crippen LogP contribution is 2.34. The van der Waals surface area contributed by atoms with Crippen LogP contribution >= 0.6 is 0 Å². The molecule has 2 N–H and O–H groups in total. The lowest BCUT2D eigenvalue weighted by molar-refractivity contribution is 0.126. The van der Waals surface area contributed by atoms with Crippen molar-refractivity contribution in [1.82, 2.24) is 15.1 Å². The summed E-state index contributed by atoms with van der Waals surface area (Å²) in [4.78, 5) is 13.3. The number of hydrogen-bond donors (Lipinski definition) is 1. The number of piperidine rings is 1. The molecule has 4 heterocycles. The van der Waals surface area contributed by atoms with E-state index in [0.29, 0.717) is 36.5 Å². The summed E-state index contributed by atoms with van der Waals surface area (Å²) < 4.78 is 39.9. The molecule has 2 fully saturated rings. The molecule has 2 saturated heterocycles. The van der Waals surface area contributed by atoms with Crippen molar-refractivity contribution in [2.75, 3.05) is 36.0 Å². The number of nitrogens with two attached hydrogens (primary N) is 1. The van der Waals surface area contributed by atoms with Crippen LogP contribution < -0.4 is 20.3 Å². The van der Waals surface area contributed by atoms with Crippen LogP contribution in [0.1, 0.15) is 62.4 Å². The fourth-order valence-corrected chi connectivity index (χ4v) is 5.51. The minimum absolute atomic E-state index is 0.00403. The average Bonchev–Trinajstić information content (AvgIpc) is 3.53. The fraction of sp³-hybridized carbons (Fsp3) is 0.536. The maximum absolute atomic E-state index is 14.4. The van der Waals surface area contributed by atoms with E-state index in [1.165, 1.54) is 6.07 Å². The average molecular weight is 527 g/mol. The van der Waals surface area contributed by atoms with Crippen LogP contribution in [0.15, 0.2) is 35.0 Å². The molecule has 2 aliphatic rings. The normalized spacial score (nSPS) is 21.4. The van der Waals surface area contributed by atoms with E-state index in [2.05, 4.69) is 31.8 Å². The van der Waals surface area contributed by atoms with Crippen molar-refractivity contribution < 1.29 is 18.0 Å². The number of nitrogens with zero attached hydrogens (tertiary/aromatic N) is 5. The molecular formula is C28H36F2N6O2. The first-order valence-electron chi connectivity index (χ1n) is 13.4. The first kappa shape index (κ1) is 26.3. The first-order chi connectivity index (χ1) is 18.2. The molecule has 0 saturated carbocycles. The number of benzene rings is 1. The Balaban J connectivity index is 1.18. The Morgan fingerprint density at radius 3 is 2.53 bits per heavy atom. The van der Waals surface area contributed by atoms with Gasteiger partial charge in [-0.15, -0.1) is 0 Å². The van der Waals surface area contributed by atoms with Gasteiger partial charge in [-0.25, -0.2) is 13.8 Å². The topological polar surface area (TPSA) is 93.5 Å². The van der Waals surface area contributed by atoms with Crippen LogP contribution in [-0.4, -0.2) is 53.4 Å². The minimum Gasteiger partial charge on any atom is -0.474 e. The zero-order valence-corrected chi connectivity index (χ0v) is 22.4. The Kier molecular flexibility index (Phi) is 7.52. The number of ether oxygens (including phenoxy) is 1. The van der Waals surface area contributed by atoms with Gasteiger partial charge in [0.1, 0.15) is 17.7 Å². The Morgan fingerprint density at radius 1 is 1.08 bits per heavy atom. The van der Waals surface area contributed by atoms with Gasteiger partial charge in [-0.3, -0.25) is 0 Å². The van der Waals surface area contributed by atoms with Crippen molar-refractivity contribution in [1.29, 1.82) is 0 Å². The van der Waals surface area contributed by atoms with Gasteiger partial charge in [-0.2, -0.15) is 4.98 Å². The maximum Gasteiger partial charge on any atom is 0.324 e. The van der Waals surface area contributed by atoms with E-state index < -0.39 is 11.6 Å². The predicted molar refractivity (Wildman–Crippen MR) is 142 cm³/mol. The summed E-state index contributed by atoms with van der Waals surface area (Å²) in [6.07, 6.45) is 3.71. The van der Waals surface area contributed by atoms with Gasteiger partial charge < -0.3 is 24.8 Å². The van der Waals surface area contributed by atoms with Gasteiger partial charge in [0, 0.05) is 50.1 Å². The molecule has 3 atom stereocenters. The largest absolute Gasteiger partial charge is 0.474 e. The van der Waals surface area contributed by atoms with E-state index in [1.54, 1.807) is 6.20 Å². The van der Waals surface area contributed by atoms with Crippen LogP contribution in [0, 0.1) is 24.5 Å². The smallest absolute Gasteiger partial charge is 0.324 e. The molecule has 0 radical (unpaired) electrons. The van der Waals surface area contributed by atoms with Crippen molar-refractivity contribution >= 4 is 11.7 Å². The van der Waals surface area contributed by atoms with Crippen LogP contribution in [0.5, 0.6) is 5.88 Å². The van der Waals surface area contributed by atoms with Crippen molar-refractivity contribution in [3.63, 3.8) is 0 Å². The Bertz CT molecular complexity index is 1260. The summed E-state index contributed by atoms with van der Waals surface area (Å²) in [5.41, 5.74) is 8.61. The number of halogens is 2. The Hall–Kier alpha value is -3.27. The molecule has 0 spiro atoms. The zero-order chi connectivity index (χ0) is 27.0. The maximum atomic E-state index is 14.4. The third-order valence-corrected chi connectivity index (χ3v) is 7.85. The third-order valence-electron chi connectivity index (χ3n) is 7.85. The molecule has 0 unspecified atom stereocenters. The monoisotopic (exact) mass is 526 g/mol. The number of pyridine rings is 1.